The number of rotatable bonds is 8. The van der Waals surface area contributed by atoms with Crippen molar-refractivity contribution in [2.45, 2.75) is 89.2 Å². The van der Waals surface area contributed by atoms with Gasteiger partial charge < -0.3 is 9.87 Å². The summed E-state index contributed by atoms with van der Waals surface area (Å²) >= 11 is -1.47. The molecule has 1 aliphatic rings. The minimum absolute atomic E-state index is 0.0885. The summed E-state index contributed by atoms with van der Waals surface area (Å²) in [5, 5.41) is 11.1. The van der Waals surface area contributed by atoms with Crippen LogP contribution in [-0.2, 0) is 17.9 Å². The summed E-state index contributed by atoms with van der Waals surface area (Å²) in [5.41, 5.74) is 1.70. The van der Waals surface area contributed by atoms with E-state index in [4.69, 9.17) is 0 Å². The van der Waals surface area contributed by atoms with E-state index in [1.165, 1.54) is 30.0 Å². The number of alkyl halides is 5. The highest BCUT2D eigenvalue weighted by Gasteiger charge is 2.39. The number of carbonyl (C=O) groups is 1. The molecule has 0 bridgehead atoms. The first kappa shape index (κ1) is 30.9. The van der Waals surface area contributed by atoms with Crippen molar-refractivity contribution in [2.24, 2.45) is 10.3 Å². The second-order valence-electron chi connectivity index (χ2n) is 11.2. The van der Waals surface area contributed by atoms with Crippen LogP contribution in [0.25, 0.3) is 5.65 Å². The Bertz CT molecular complexity index is 1400. The quantitative estimate of drug-likeness (QED) is 0.212. The van der Waals surface area contributed by atoms with Gasteiger partial charge in [0, 0.05) is 30.6 Å². The number of carbonyl (C=O) groups excluding carboxylic acids is 1. The Morgan fingerprint density at radius 2 is 1.93 bits per heavy atom. The SMILES string of the molecule is Cc1c(C(=O)N[C@H](c2cn3ncc(C=N[S+]([O-])C(C)(C)C)cc3n2)C2CCC(F)(F)CC2)cnn1CCC(F)(F)F. The fourth-order valence-corrected chi connectivity index (χ4v) is 5.11. The molecular weight excluding hydrogens is 569 g/mol. The molecule has 41 heavy (non-hydrogen) atoms. The zero-order valence-electron chi connectivity index (χ0n) is 23.1. The van der Waals surface area contributed by atoms with E-state index in [0.717, 1.165) is 4.68 Å². The van der Waals surface area contributed by atoms with E-state index in [2.05, 4.69) is 24.9 Å². The van der Waals surface area contributed by atoms with Crippen molar-refractivity contribution in [2.75, 3.05) is 0 Å². The van der Waals surface area contributed by atoms with Crippen LogP contribution in [0.2, 0.25) is 0 Å². The molecule has 224 valence electrons. The maximum atomic E-state index is 14.0. The van der Waals surface area contributed by atoms with Crippen molar-refractivity contribution in [3.8, 4) is 0 Å². The highest BCUT2D eigenvalue weighted by molar-refractivity contribution is 7.91. The van der Waals surface area contributed by atoms with Crippen LogP contribution in [-0.4, -0.2) is 57.9 Å². The van der Waals surface area contributed by atoms with Crippen LogP contribution in [0.3, 0.4) is 0 Å². The maximum Gasteiger partial charge on any atom is 0.390 e. The van der Waals surface area contributed by atoms with Gasteiger partial charge in [0.05, 0.1) is 48.5 Å². The third-order valence-electron chi connectivity index (χ3n) is 6.97. The molecule has 1 saturated carbocycles. The van der Waals surface area contributed by atoms with Gasteiger partial charge in [-0.15, -0.1) is 0 Å². The van der Waals surface area contributed by atoms with Crippen molar-refractivity contribution in [3.63, 3.8) is 0 Å². The van der Waals surface area contributed by atoms with E-state index in [9.17, 15) is 31.3 Å². The van der Waals surface area contributed by atoms with Crippen LogP contribution in [0, 0.1) is 12.8 Å². The molecule has 0 aromatic carbocycles. The molecule has 0 saturated heterocycles. The number of aryl methyl sites for hydroxylation is 1. The van der Waals surface area contributed by atoms with Gasteiger partial charge in [0.2, 0.25) is 5.92 Å². The summed E-state index contributed by atoms with van der Waals surface area (Å²) in [6, 6.07) is 0.909. The number of imidazole rings is 1. The number of nitrogens with one attached hydrogen (secondary N) is 1. The van der Waals surface area contributed by atoms with Crippen molar-refractivity contribution < 1.29 is 31.3 Å². The van der Waals surface area contributed by atoms with Crippen LogP contribution in [0.5, 0.6) is 0 Å². The summed E-state index contributed by atoms with van der Waals surface area (Å²) in [5.74, 6) is -3.74. The fraction of sp³-hybridized carbons (Fsp3) is 0.577. The molecule has 1 aliphatic carbocycles. The average Bonchev–Trinajstić information content (AvgIpc) is 3.46. The molecule has 1 amide bonds. The van der Waals surface area contributed by atoms with Crippen LogP contribution in [0.1, 0.15) is 86.2 Å². The van der Waals surface area contributed by atoms with E-state index >= 15 is 0 Å². The molecule has 3 aromatic rings. The first-order valence-electron chi connectivity index (χ1n) is 13.1. The van der Waals surface area contributed by atoms with Gasteiger partial charge in [-0.3, -0.25) is 9.48 Å². The normalized spacial score (nSPS) is 18.2. The van der Waals surface area contributed by atoms with Crippen molar-refractivity contribution in [1.82, 2.24) is 29.7 Å². The standard InChI is InChI=1S/C26H32F5N7O2S/c1-16-19(14-33-37(16)10-9-26(29,30)31)23(39)36-22(18-5-7-25(27,28)8-6-18)20-15-38-21(35-20)11-17(12-32-38)13-34-41(40)24(2,3)4/h11-15,18,22H,5-10H2,1-4H3,(H,36,39)/t22-,41?/m0/s1. The summed E-state index contributed by atoms with van der Waals surface area (Å²) in [7, 11) is 0. The van der Waals surface area contributed by atoms with Crippen molar-refractivity contribution in [1.29, 1.82) is 0 Å². The van der Waals surface area contributed by atoms with E-state index in [1.54, 1.807) is 33.0 Å². The molecule has 0 spiro atoms. The molecule has 0 aliphatic heterocycles. The van der Waals surface area contributed by atoms with Crippen LogP contribution in [0.4, 0.5) is 22.0 Å². The molecule has 1 fully saturated rings. The Balaban J connectivity index is 1.60. The Kier molecular flexibility index (Phi) is 8.79. The van der Waals surface area contributed by atoms with Gasteiger partial charge in [-0.25, -0.2) is 18.3 Å². The van der Waals surface area contributed by atoms with Gasteiger partial charge in [0.25, 0.3) is 5.91 Å². The predicted octanol–water partition coefficient (Wildman–Crippen LogP) is 5.36. The fourth-order valence-electron chi connectivity index (χ4n) is 4.57. The summed E-state index contributed by atoms with van der Waals surface area (Å²) < 4.78 is 84.4. The van der Waals surface area contributed by atoms with Crippen LogP contribution >= 0.6 is 0 Å². The molecule has 15 heteroatoms. The van der Waals surface area contributed by atoms with Gasteiger partial charge in [0.15, 0.2) is 5.65 Å². The lowest BCUT2D eigenvalue weighted by atomic mass is 9.81. The summed E-state index contributed by atoms with van der Waals surface area (Å²) in [4.78, 5) is 17.9. The van der Waals surface area contributed by atoms with E-state index in [1.807, 2.05) is 0 Å². The van der Waals surface area contributed by atoms with Crippen molar-refractivity contribution in [3.05, 3.63) is 47.2 Å². The maximum absolute atomic E-state index is 14.0. The van der Waals surface area contributed by atoms with Gasteiger partial charge in [-0.2, -0.15) is 23.4 Å². The summed E-state index contributed by atoms with van der Waals surface area (Å²) in [6.07, 6.45) is -0.125. The van der Waals surface area contributed by atoms with E-state index < -0.39 is 53.1 Å². The molecule has 0 radical (unpaired) electrons. The minimum atomic E-state index is -4.37. The largest absolute Gasteiger partial charge is 0.591 e. The first-order valence-corrected chi connectivity index (χ1v) is 14.2. The predicted molar refractivity (Wildman–Crippen MR) is 143 cm³/mol. The molecule has 3 aromatic heterocycles. The second kappa shape index (κ2) is 11.7. The minimum Gasteiger partial charge on any atom is -0.591 e. The molecule has 2 atom stereocenters. The lowest BCUT2D eigenvalue weighted by molar-refractivity contribution is -0.137. The van der Waals surface area contributed by atoms with Gasteiger partial charge >= 0.3 is 6.18 Å². The Morgan fingerprint density at radius 3 is 2.56 bits per heavy atom. The molecular formula is C26H32F5N7O2S. The zero-order chi connectivity index (χ0) is 30.2. The number of fused-ring (bicyclic) bond motifs is 1. The van der Waals surface area contributed by atoms with Gasteiger partial charge in [0.1, 0.15) is 16.1 Å². The molecule has 1 unspecified atom stereocenters. The highest BCUT2D eigenvalue weighted by atomic mass is 32.2. The molecule has 3 heterocycles. The Hall–Kier alpha value is -3.07. The number of hydrogen-bond acceptors (Lipinski definition) is 6. The highest BCUT2D eigenvalue weighted by Crippen LogP contribution is 2.41. The number of amides is 1. The van der Waals surface area contributed by atoms with Crippen LogP contribution in [0.15, 0.2) is 29.1 Å². The number of aromatic nitrogens is 5. The van der Waals surface area contributed by atoms with Gasteiger partial charge in [-0.05, 0) is 52.5 Å². The lowest BCUT2D eigenvalue weighted by Crippen LogP contribution is -2.37. The first-order chi connectivity index (χ1) is 19.0. The van der Waals surface area contributed by atoms with Crippen molar-refractivity contribution >= 4 is 29.1 Å². The third kappa shape index (κ3) is 7.82. The zero-order valence-corrected chi connectivity index (χ0v) is 23.9. The molecule has 9 nitrogen and oxygen atoms in total. The van der Waals surface area contributed by atoms with Gasteiger partial charge in [-0.1, -0.05) is 4.40 Å². The molecule has 1 N–H and O–H groups in total. The number of halogens is 5. The Labute approximate surface area is 236 Å². The van der Waals surface area contributed by atoms with E-state index in [-0.39, 0.29) is 42.9 Å². The smallest absolute Gasteiger partial charge is 0.390 e. The third-order valence-corrected chi connectivity index (χ3v) is 8.32. The van der Waals surface area contributed by atoms with Crippen LogP contribution < -0.4 is 5.32 Å². The topological polar surface area (TPSA) is 113 Å². The van der Waals surface area contributed by atoms with E-state index in [0.29, 0.717) is 16.9 Å². The number of nitrogens with zero attached hydrogens (tertiary/aromatic N) is 6. The monoisotopic (exact) mass is 601 g/mol. The summed E-state index contributed by atoms with van der Waals surface area (Å²) in [6.45, 7) is 6.46. The molecule has 4 rings (SSSR count). The average molecular weight is 602 g/mol. The number of hydrogen-bond donors (Lipinski definition) is 1. The second-order valence-corrected chi connectivity index (χ2v) is 13.2. The Morgan fingerprint density at radius 1 is 1.24 bits per heavy atom. The lowest BCUT2D eigenvalue weighted by Gasteiger charge is -2.33.